The Morgan fingerprint density at radius 2 is 1.65 bits per heavy atom. The Balaban J connectivity index is 1.89. The highest BCUT2D eigenvalue weighted by Gasteiger charge is 2.51. The first kappa shape index (κ1) is 28.2. The highest BCUT2D eigenvalue weighted by atomic mass is 16.6. The highest BCUT2D eigenvalue weighted by Crippen LogP contribution is 2.40. The molecule has 8 nitrogen and oxygen atoms in total. The van der Waals surface area contributed by atoms with Gasteiger partial charge in [-0.15, -0.1) is 0 Å². The molecule has 2 N–H and O–H groups in total. The average Bonchev–Trinajstić information content (AvgIpc) is 3.24. The van der Waals surface area contributed by atoms with Gasteiger partial charge in [0.25, 0.3) is 0 Å². The summed E-state index contributed by atoms with van der Waals surface area (Å²) in [6.07, 6.45) is -0.282. The van der Waals surface area contributed by atoms with Crippen molar-refractivity contribution < 1.29 is 29.0 Å². The van der Waals surface area contributed by atoms with Crippen LogP contribution in [0.2, 0.25) is 0 Å². The number of hydrogen-bond acceptors (Lipinski definition) is 5. The molecule has 1 heterocycles. The van der Waals surface area contributed by atoms with Crippen LogP contribution in [0.1, 0.15) is 53.0 Å². The first-order valence-electron chi connectivity index (χ1n) is 12.6. The molecule has 0 saturated carbocycles. The molecule has 8 heteroatoms. The van der Waals surface area contributed by atoms with Crippen molar-refractivity contribution in [3.63, 3.8) is 0 Å². The van der Waals surface area contributed by atoms with Crippen LogP contribution >= 0.6 is 0 Å². The Hall–Kier alpha value is -3.39. The molecular weight excluding hydrogens is 472 g/mol. The smallest absolute Gasteiger partial charge is 0.408 e. The number of nitrogens with zero attached hydrogens (tertiary/aromatic N) is 1. The standard InChI is InChI=1S/C29H38N2O6/c1-19(2)16-23(30-27(35)37-28(3,4)5)25(32)31-18-29(36-6,17-24(31)26(33)34)22-14-12-21(13-15-22)20-10-8-7-9-11-20/h7-15,19,23-24H,16-18H2,1-6H3,(H,30,35)(H,33,34)/t23-,24-,29-/m0/s1. The number of benzene rings is 2. The highest BCUT2D eigenvalue weighted by molar-refractivity contribution is 5.90. The minimum atomic E-state index is -1.12. The third-order valence-electron chi connectivity index (χ3n) is 6.50. The van der Waals surface area contributed by atoms with E-state index in [1.807, 2.05) is 68.4 Å². The molecule has 1 aliphatic rings. The molecule has 0 bridgehead atoms. The third-order valence-corrected chi connectivity index (χ3v) is 6.50. The van der Waals surface area contributed by atoms with Crippen LogP contribution < -0.4 is 5.32 Å². The quantitative estimate of drug-likeness (QED) is 0.528. The summed E-state index contributed by atoms with van der Waals surface area (Å²) < 4.78 is 11.3. The molecule has 3 atom stereocenters. The van der Waals surface area contributed by atoms with Crippen LogP contribution in [0.25, 0.3) is 11.1 Å². The minimum absolute atomic E-state index is 0.0502. The summed E-state index contributed by atoms with van der Waals surface area (Å²) in [6, 6.07) is 15.7. The molecule has 0 spiro atoms. The number of likely N-dealkylation sites (tertiary alicyclic amines) is 1. The van der Waals surface area contributed by atoms with E-state index in [9.17, 15) is 19.5 Å². The van der Waals surface area contributed by atoms with Crippen LogP contribution in [0.3, 0.4) is 0 Å². The van der Waals surface area contributed by atoms with Crippen molar-refractivity contribution in [2.75, 3.05) is 13.7 Å². The maximum absolute atomic E-state index is 13.7. The van der Waals surface area contributed by atoms with Crippen LogP contribution in [0.4, 0.5) is 4.79 Å². The van der Waals surface area contributed by atoms with E-state index in [1.165, 1.54) is 12.0 Å². The fourth-order valence-electron chi connectivity index (χ4n) is 4.74. The van der Waals surface area contributed by atoms with E-state index < -0.39 is 41.3 Å². The number of aliphatic carboxylic acids is 1. The monoisotopic (exact) mass is 510 g/mol. The number of carboxylic acid groups (broad SMARTS) is 1. The van der Waals surface area contributed by atoms with Gasteiger partial charge in [0, 0.05) is 13.5 Å². The summed E-state index contributed by atoms with van der Waals surface area (Å²) in [6.45, 7) is 9.13. The zero-order chi connectivity index (χ0) is 27.4. The molecule has 37 heavy (non-hydrogen) atoms. The molecule has 2 amide bonds. The number of rotatable bonds is 8. The summed E-state index contributed by atoms with van der Waals surface area (Å²) in [5.41, 5.74) is 1.15. The van der Waals surface area contributed by atoms with Gasteiger partial charge in [-0.2, -0.15) is 0 Å². The topological polar surface area (TPSA) is 105 Å². The predicted octanol–water partition coefficient (Wildman–Crippen LogP) is 4.82. The summed E-state index contributed by atoms with van der Waals surface area (Å²) in [5, 5.41) is 12.7. The van der Waals surface area contributed by atoms with Crippen molar-refractivity contribution in [1.29, 1.82) is 0 Å². The lowest BCUT2D eigenvalue weighted by atomic mass is 9.89. The maximum atomic E-state index is 13.7. The largest absolute Gasteiger partial charge is 0.480 e. The van der Waals surface area contributed by atoms with Crippen LogP contribution in [-0.4, -0.2) is 59.3 Å². The van der Waals surface area contributed by atoms with E-state index in [4.69, 9.17) is 9.47 Å². The number of nitrogens with one attached hydrogen (secondary N) is 1. The molecule has 0 aliphatic carbocycles. The molecule has 0 radical (unpaired) electrons. The Kier molecular flexibility index (Phi) is 8.64. The minimum Gasteiger partial charge on any atom is -0.480 e. The molecule has 200 valence electrons. The number of carbonyl (C=O) groups excluding carboxylic acids is 2. The summed E-state index contributed by atoms with van der Waals surface area (Å²) in [5.74, 6) is -1.51. The number of hydrogen-bond donors (Lipinski definition) is 2. The fourth-order valence-corrected chi connectivity index (χ4v) is 4.74. The van der Waals surface area contributed by atoms with Crippen LogP contribution in [0, 0.1) is 5.92 Å². The van der Waals surface area contributed by atoms with Crippen LogP contribution in [0.15, 0.2) is 54.6 Å². The number of alkyl carbamates (subject to hydrolysis) is 1. The van der Waals surface area contributed by atoms with Crippen LogP contribution in [0.5, 0.6) is 0 Å². The van der Waals surface area contributed by atoms with Crippen molar-refractivity contribution in [1.82, 2.24) is 10.2 Å². The molecule has 2 aromatic carbocycles. The maximum Gasteiger partial charge on any atom is 0.408 e. The molecule has 0 unspecified atom stereocenters. The van der Waals surface area contributed by atoms with Gasteiger partial charge in [-0.3, -0.25) is 4.79 Å². The number of carbonyl (C=O) groups is 3. The molecule has 2 aromatic rings. The van der Waals surface area contributed by atoms with Crippen molar-refractivity contribution in [2.45, 2.75) is 70.7 Å². The van der Waals surface area contributed by atoms with E-state index in [0.717, 1.165) is 16.7 Å². The van der Waals surface area contributed by atoms with E-state index in [0.29, 0.717) is 6.42 Å². The first-order chi connectivity index (χ1) is 17.3. The number of methoxy groups -OCH3 is 1. The fraction of sp³-hybridized carbons (Fsp3) is 0.483. The average molecular weight is 511 g/mol. The molecule has 0 aromatic heterocycles. The van der Waals surface area contributed by atoms with E-state index in [-0.39, 0.29) is 18.9 Å². The molecular formula is C29H38N2O6. The van der Waals surface area contributed by atoms with E-state index >= 15 is 0 Å². The van der Waals surface area contributed by atoms with Gasteiger partial charge < -0.3 is 24.8 Å². The van der Waals surface area contributed by atoms with Gasteiger partial charge in [-0.1, -0.05) is 68.4 Å². The Labute approximate surface area is 219 Å². The molecule has 1 fully saturated rings. The second-order valence-electron chi connectivity index (χ2n) is 11.0. The molecule has 1 aliphatic heterocycles. The van der Waals surface area contributed by atoms with Crippen molar-refractivity contribution in [3.8, 4) is 11.1 Å². The van der Waals surface area contributed by atoms with Gasteiger partial charge >= 0.3 is 12.1 Å². The van der Waals surface area contributed by atoms with Gasteiger partial charge in [-0.25, -0.2) is 9.59 Å². The second-order valence-corrected chi connectivity index (χ2v) is 11.0. The zero-order valence-corrected chi connectivity index (χ0v) is 22.5. The Morgan fingerprint density at radius 1 is 1.05 bits per heavy atom. The lowest BCUT2D eigenvalue weighted by molar-refractivity contribution is -0.149. The van der Waals surface area contributed by atoms with Crippen molar-refractivity contribution in [3.05, 3.63) is 60.2 Å². The van der Waals surface area contributed by atoms with Crippen molar-refractivity contribution >= 4 is 18.0 Å². The number of carboxylic acids is 1. The van der Waals surface area contributed by atoms with E-state index in [1.54, 1.807) is 20.8 Å². The Morgan fingerprint density at radius 3 is 2.16 bits per heavy atom. The van der Waals surface area contributed by atoms with Gasteiger partial charge in [0.2, 0.25) is 5.91 Å². The predicted molar refractivity (Wildman–Crippen MR) is 141 cm³/mol. The third kappa shape index (κ3) is 6.89. The van der Waals surface area contributed by atoms with Crippen LogP contribution in [-0.2, 0) is 24.7 Å². The summed E-state index contributed by atoms with van der Waals surface area (Å²) in [4.78, 5) is 39.8. The van der Waals surface area contributed by atoms with Gasteiger partial charge in [0.15, 0.2) is 0 Å². The Bertz CT molecular complexity index is 1090. The van der Waals surface area contributed by atoms with Crippen molar-refractivity contribution in [2.24, 2.45) is 5.92 Å². The zero-order valence-electron chi connectivity index (χ0n) is 22.5. The summed E-state index contributed by atoms with van der Waals surface area (Å²) in [7, 11) is 1.53. The summed E-state index contributed by atoms with van der Waals surface area (Å²) >= 11 is 0. The van der Waals surface area contributed by atoms with E-state index in [2.05, 4.69) is 5.32 Å². The number of amides is 2. The second kappa shape index (κ2) is 11.3. The first-order valence-corrected chi connectivity index (χ1v) is 12.6. The van der Waals surface area contributed by atoms with Gasteiger partial charge in [0.05, 0.1) is 6.54 Å². The van der Waals surface area contributed by atoms with Gasteiger partial charge in [-0.05, 0) is 49.8 Å². The van der Waals surface area contributed by atoms with Gasteiger partial charge in [0.1, 0.15) is 23.3 Å². The lowest BCUT2D eigenvalue weighted by Crippen LogP contribution is -2.53. The SMILES string of the molecule is CO[C@@]1(c2ccc(-c3ccccc3)cc2)C[C@@H](C(=O)O)N(C(=O)[C@H](CC(C)C)NC(=O)OC(C)(C)C)C1. The molecule has 1 saturated heterocycles. The molecule has 3 rings (SSSR count). The lowest BCUT2D eigenvalue weighted by Gasteiger charge is -2.31. The normalized spacial score (nSPS) is 20.5. The number of ether oxygens (including phenoxy) is 2.